The Kier molecular flexibility index (Phi) is 30.1. The number of hydrogen-bond acceptors (Lipinski definition) is 3. The highest BCUT2D eigenvalue weighted by molar-refractivity contribution is 6.18. The molecular formula is C30H56Cl2O3. The van der Waals surface area contributed by atoms with Crippen LogP contribution in [0.2, 0.25) is 0 Å². The fourth-order valence-electron chi connectivity index (χ4n) is 4.06. The van der Waals surface area contributed by atoms with Crippen LogP contribution < -0.4 is 0 Å². The second-order valence-corrected chi connectivity index (χ2v) is 10.2. The van der Waals surface area contributed by atoms with E-state index in [0.717, 1.165) is 51.4 Å². The molecule has 0 saturated heterocycles. The van der Waals surface area contributed by atoms with Crippen LogP contribution in [-0.4, -0.2) is 37.6 Å². The van der Waals surface area contributed by atoms with Crippen molar-refractivity contribution in [2.24, 2.45) is 0 Å². The SMILES string of the molecule is CCCCCCCC(CC/C=C\CCCl)OCOCOC(CC/C=C\CCCl)CCCCCCC. The van der Waals surface area contributed by atoms with Gasteiger partial charge in [-0.3, -0.25) is 0 Å². The van der Waals surface area contributed by atoms with Gasteiger partial charge in [-0.15, -0.1) is 23.2 Å². The third-order valence-corrected chi connectivity index (χ3v) is 6.67. The fraction of sp³-hybridized carbons (Fsp3) is 0.867. The van der Waals surface area contributed by atoms with Gasteiger partial charge in [0.15, 0.2) is 0 Å². The maximum absolute atomic E-state index is 6.10. The van der Waals surface area contributed by atoms with E-state index in [1.165, 1.54) is 64.2 Å². The molecule has 0 aliphatic rings. The molecule has 2 atom stereocenters. The Morgan fingerprint density at radius 3 is 1.31 bits per heavy atom. The fourth-order valence-corrected chi connectivity index (χ4v) is 4.31. The maximum atomic E-state index is 6.10. The van der Waals surface area contributed by atoms with Crippen molar-refractivity contribution in [1.82, 2.24) is 0 Å². The number of allylic oxidation sites excluding steroid dienone is 4. The molecule has 0 aliphatic carbocycles. The summed E-state index contributed by atoms with van der Waals surface area (Å²) >= 11 is 11.5. The smallest absolute Gasteiger partial charge is 0.149 e. The zero-order chi connectivity index (χ0) is 25.7. The Bertz CT molecular complexity index is 417. The lowest BCUT2D eigenvalue weighted by molar-refractivity contribution is -0.167. The van der Waals surface area contributed by atoms with E-state index in [2.05, 4.69) is 38.2 Å². The van der Waals surface area contributed by atoms with Crippen molar-refractivity contribution in [2.45, 2.75) is 142 Å². The Hall–Kier alpha value is -0.0600. The first-order valence-electron chi connectivity index (χ1n) is 14.5. The molecule has 0 aromatic rings. The highest BCUT2D eigenvalue weighted by atomic mass is 35.5. The van der Waals surface area contributed by atoms with E-state index in [0.29, 0.717) is 25.3 Å². The van der Waals surface area contributed by atoms with Crippen LogP contribution in [-0.2, 0) is 14.2 Å². The lowest BCUT2D eigenvalue weighted by Gasteiger charge is -2.20. The summed E-state index contributed by atoms with van der Waals surface area (Å²) in [5, 5.41) is 0. The Balaban J connectivity index is 4.30. The largest absolute Gasteiger partial charge is 0.352 e. The van der Waals surface area contributed by atoms with Crippen LogP contribution in [0.5, 0.6) is 0 Å². The molecular weight excluding hydrogens is 479 g/mol. The zero-order valence-electron chi connectivity index (χ0n) is 23.0. The first-order valence-corrected chi connectivity index (χ1v) is 15.6. The normalized spacial score (nSPS) is 13.8. The number of alkyl halides is 2. The molecule has 0 bridgehead atoms. The first-order chi connectivity index (χ1) is 17.3. The van der Waals surface area contributed by atoms with Crippen LogP contribution in [0.15, 0.2) is 24.3 Å². The third kappa shape index (κ3) is 26.8. The van der Waals surface area contributed by atoms with Gasteiger partial charge in [0.25, 0.3) is 0 Å². The van der Waals surface area contributed by atoms with E-state index in [1.807, 2.05) is 0 Å². The van der Waals surface area contributed by atoms with Crippen LogP contribution in [0.1, 0.15) is 129 Å². The number of rotatable bonds is 28. The summed E-state index contributed by atoms with van der Waals surface area (Å²) in [5.74, 6) is 1.37. The maximum Gasteiger partial charge on any atom is 0.149 e. The third-order valence-electron chi connectivity index (χ3n) is 6.23. The highest BCUT2D eigenvalue weighted by Gasteiger charge is 2.11. The van der Waals surface area contributed by atoms with Gasteiger partial charge < -0.3 is 14.2 Å². The lowest BCUT2D eigenvalue weighted by atomic mass is 10.0. The van der Waals surface area contributed by atoms with Gasteiger partial charge in [-0.05, 0) is 51.4 Å². The van der Waals surface area contributed by atoms with Crippen molar-refractivity contribution in [3.8, 4) is 0 Å². The number of halogens is 2. The molecule has 0 N–H and O–H groups in total. The molecule has 35 heavy (non-hydrogen) atoms. The van der Waals surface area contributed by atoms with Crippen molar-refractivity contribution >= 4 is 23.2 Å². The van der Waals surface area contributed by atoms with Gasteiger partial charge in [-0.25, -0.2) is 0 Å². The number of ether oxygens (including phenoxy) is 3. The summed E-state index contributed by atoms with van der Waals surface area (Å²) in [6.07, 6.45) is 30.4. The van der Waals surface area contributed by atoms with Gasteiger partial charge in [0.2, 0.25) is 0 Å². The van der Waals surface area contributed by atoms with Crippen molar-refractivity contribution in [2.75, 3.05) is 25.3 Å². The van der Waals surface area contributed by atoms with E-state index in [1.54, 1.807) is 0 Å². The molecule has 2 unspecified atom stereocenters. The van der Waals surface area contributed by atoms with Crippen LogP contribution in [0.4, 0.5) is 0 Å². The summed E-state index contributed by atoms with van der Waals surface area (Å²) in [4.78, 5) is 0. The first kappa shape index (κ1) is 34.9. The van der Waals surface area contributed by atoms with Crippen LogP contribution in [0.3, 0.4) is 0 Å². The molecule has 0 spiro atoms. The molecule has 0 aromatic carbocycles. The molecule has 5 heteroatoms. The summed E-state index contributed by atoms with van der Waals surface area (Å²) in [5.41, 5.74) is 0. The van der Waals surface area contributed by atoms with E-state index < -0.39 is 0 Å². The Morgan fingerprint density at radius 1 is 0.514 bits per heavy atom. The summed E-state index contributed by atoms with van der Waals surface area (Å²) < 4.78 is 18.0. The predicted molar refractivity (Wildman–Crippen MR) is 155 cm³/mol. The number of unbranched alkanes of at least 4 members (excludes halogenated alkanes) is 8. The molecule has 0 amide bonds. The molecule has 0 rings (SSSR count). The summed E-state index contributed by atoms with van der Waals surface area (Å²) in [6.45, 7) is 5.13. The number of hydrogen-bond donors (Lipinski definition) is 0. The predicted octanol–water partition coefficient (Wildman–Crippen LogP) is 10.3. The molecule has 0 heterocycles. The monoisotopic (exact) mass is 534 g/mol. The minimum atomic E-state index is 0.249. The van der Waals surface area contributed by atoms with E-state index in [-0.39, 0.29) is 12.2 Å². The minimum absolute atomic E-state index is 0.249. The van der Waals surface area contributed by atoms with Crippen molar-refractivity contribution in [3.05, 3.63) is 24.3 Å². The molecule has 0 fully saturated rings. The van der Waals surface area contributed by atoms with Crippen LogP contribution in [0, 0.1) is 0 Å². The average Bonchev–Trinajstić information content (AvgIpc) is 2.86. The highest BCUT2D eigenvalue weighted by Crippen LogP contribution is 2.16. The lowest BCUT2D eigenvalue weighted by Crippen LogP contribution is -2.19. The van der Waals surface area contributed by atoms with E-state index >= 15 is 0 Å². The van der Waals surface area contributed by atoms with Gasteiger partial charge in [-0.1, -0.05) is 102 Å². The van der Waals surface area contributed by atoms with Crippen molar-refractivity contribution in [3.63, 3.8) is 0 Å². The average molecular weight is 536 g/mol. The van der Waals surface area contributed by atoms with Gasteiger partial charge in [-0.2, -0.15) is 0 Å². The van der Waals surface area contributed by atoms with E-state index in [9.17, 15) is 0 Å². The second-order valence-electron chi connectivity index (χ2n) is 9.48. The summed E-state index contributed by atoms with van der Waals surface area (Å²) in [7, 11) is 0. The molecule has 0 saturated carbocycles. The Morgan fingerprint density at radius 2 is 0.914 bits per heavy atom. The topological polar surface area (TPSA) is 27.7 Å². The van der Waals surface area contributed by atoms with E-state index in [4.69, 9.17) is 37.4 Å². The molecule has 0 aliphatic heterocycles. The zero-order valence-corrected chi connectivity index (χ0v) is 24.5. The standard InChI is InChI=1S/C30H56Cl2O3/c1-3-5-7-9-15-21-29(23-17-11-13-19-25-31)34-27-33-28-35-30(22-16-10-8-6-4-2)24-18-12-14-20-26-32/h11-14,29-30H,3-10,15-28H2,1-2H3/b13-11-,14-12-. The molecule has 3 nitrogen and oxygen atoms in total. The second kappa shape index (κ2) is 30.2. The molecule has 208 valence electrons. The van der Waals surface area contributed by atoms with Crippen LogP contribution in [0.25, 0.3) is 0 Å². The van der Waals surface area contributed by atoms with Gasteiger partial charge in [0, 0.05) is 11.8 Å². The molecule has 0 radical (unpaired) electrons. The van der Waals surface area contributed by atoms with Gasteiger partial charge in [0.05, 0.1) is 12.2 Å². The quantitative estimate of drug-likeness (QED) is 0.0432. The van der Waals surface area contributed by atoms with Crippen LogP contribution >= 0.6 is 23.2 Å². The van der Waals surface area contributed by atoms with Gasteiger partial charge in [0.1, 0.15) is 13.6 Å². The Labute approximate surface area is 228 Å². The summed E-state index contributed by atoms with van der Waals surface area (Å²) in [6, 6.07) is 0. The van der Waals surface area contributed by atoms with Gasteiger partial charge >= 0.3 is 0 Å². The minimum Gasteiger partial charge on any atom is -0.352 e. The van der Waals surface area contributed by atoms with Crippen molar-refractivity contribution in [1.29, 1.82) is 0 Å². The van der Waals surface area contributed by atoms with Crippen molar-refractivity contribution < 1.29 is 14.2 Å². The molecule has 0 aromatic heterocycles.